The molecular weight excluding hydrogens is 245 g/mol. The van der Waals surface area contributed by atoms with E-state index in [0.29, 0.717) is 13.2 Å². The van der Waals surface area contributed by atoms with Crippen LogP contribution in [0.4, 0.5) is 4.39 Å². The van der Waals surface area contributed by atoms with Crippen LogP contribution in [0.3, 0.4) is 0 Å². The van der Waals surface area contributed by atoms with Crippen molar-refractivity contribution < 1.29 is 9.13 Å². The maximum absolute atomic E-state index is 13.3. The Morgan fingerprint density at radius 1 is 1.47 bits per heavy atom. The lowest BCUT2D eigenvalue weighted by atomic mass is 10.0. The highest BCUT2D eigenvalue weighted by atomic mass is 19.1. The van der Waals surface area contributed by atoms with E-state index in [9.17, 15) is 4.39 Å². The Morgan fingerprint density at radius 2 is 2.32 bits per heavy atom. The molecule has 0 spiro atoms. The second-order valence-electron chi connectivity index (χ2n) is 4.97. The third-order valence-corrected chi connectivity index (χ3v) is 3.76. The second-order valence-corrected chi connectivity index (χ2v) is 4.97. The summed E-state index contributed by atoms with van der Waals surface area (Å²) in [6, 6.07) is 4.99. The fourth-order valence-corrected chi connectivity index (χ4v) is 2.79. The molecule has 1 aliphatic rings. The van der Waals surface area contributed by atoms with Gasteiger partial charge in [0.1, 0.15) is 11.6 Å². The van der Waals surface area contributed by atoms with Crippen molar-refractivity contribution >= 4 is 11.0 Å². The topological polar surface area (TPSA) is 39.1 Å². The SMILES string of the molecule is CCNC1COCC1c1nc2ccc(F)cc2n1C. The zero-order chi connectivity index (χ0) is 13.4. The Morgan fingerprint density at radius 3 is 3.11 bits per heavy atom. The quantitative estimate of drug-likeness (QED) is 0.918. The van der Waals surface area contributed by atoms with Crippen LogP contribution in [0.5, 0.6) is 0 Å². The van der Waals surface area contributed by atoms with Crippen molar-refractivity contribution in [3.8, 4) is 0 Å². The number of ether oxygens (including phenoxy) is 1. The van der Waals surface area contributed by atoms with Crippen molar-refractivity contribution in [1.82, 2.24) is 14.9 Å². The Kier molecular flexibility index (Phi) is 3.24. The molecule has 1 saturated heterocycles. The number of hydrogen-bond acceptors (Lipinski definition) is 3. The Hall–Kier alpha value is -1.46. The van der Waals surface area contributed by atoms with Gasteiger partial charge in [0.25, 0.3) is 0 Å². The van der Waals surface area contributed by atoms with Crippen molar-refractivity contribution in [2.45, 2.75) is 18.9 Å². The predicted octanol–water partition coefficient (Wildman–Crippen LogP) is 1.80. The Labute approximate surface area is 111 Å². The zero-order valence-electron chi connectivity index (χ0n) is 11.2. The van der Waals surface area contributed by atoms with Crippen LogP contribution in [-0.2, 0) is 11.8 Å². The third kappa shape index (κ3) is 2.13. The van der Waals surface area contributed by atoms with Gasteiger partial charge in [-0.1, -0.05) is 6.92 Å². The summed E-state index contributed by atoms with van der Waals surface area (Å²) in [4.78, 5) is 4.64. The Bertz CT molecular complexity index is 596. The summed E-state index contributed by atoms with van der Waals surface area (Å²) in [7, 11) is 1.94. The van der Waals surface area contributed by atoms with Gasteiger partial charge in [0.05, 0.1) is 30.2 Å². The summed E-state index contributed by atoms with van der Waals surface area (Å²) < 4.78 is 20.9. The molecule has 2 heterocycles. The first-order valence-electron chi connectivity index (χ1n) is 6.63. The molecule has 2 atom stereocenters. The number of halogens is 1. The van der Waals surface area contributed by atoms with Gasteiger partial charge in [0.2, 0.25) is 0 Å². The number of likely N-dealkylation sites (N-methyl/N-ethyl adjacent to an activating group) is 1. The van der Waals surface area contributed by atoms with E-state index < -0.39 is 0 Å². The molecule has 3 rings (SSSR count). The van der Waals surface area contributed by atoms with Gasteiger partial charge in [0, 0.05) is 13.1 Å². The average Bonchev–Trinajstić information content (AvgIpc) is 2.96. The summed E-state index contributed by atoms with van der Waals surface area (Å²) in [6.45, 7) is 4.36. The molecule has 1 aromatic heterocycles. The summed E-state index contributed by atoms with van der Waals surface area (Å²) in [6.07, 6.45) is 0. The van der Waals surface area contributed by atoms with Crippen molar-refractivity contribution in [1.29, 1.82) is 0 Å². The van der Waals surface area contributed by atoms with Crippen LogP contribution in [0, 0.1) is 5.82 Å². The molecule has 0 amide bonds. The maximum atomic E-state index is 13.3. The summed E-state index contributed by atoms with van der Waals surface area (Å²) in [5, 5.41) is 3.42. The number of aryl methyl sites for hydroxylation is 1. The lowest BCUT2D eigenvalue weighted by Crippen LogP contribution is -2.35. The number of benzene rings is 1. The molecule has 4 nitrogen and oxygen atoms in total. The maximum Gasteiger partial charge on any atom is 0.125 e. The average molecular weight is 263 g/mol. The van der Waals surface area contributed by atoms with Gasteiger partial charge >= 0.3 is 0 Å². The molecule has 1 aromatic carbocycles. The predicted molar refractivity (Wildman–Crippen MR) is 71.7 cm³/mol. The van der Waals surface area contributed by atoms with E-state index in [2.05, 4.69) is 17.2 Å². The summed E-state index contributed by atoms with van der Waals surface area (Å²) >= 11 is 0. The van der Waals surface area contributed by atoms with E-state index in [1.807, 2.05) is 11.6 Å². The van der Waals surface area contributed by atoms with Gasteiger partial charge in [0.15, 0.2) is 0 Å². The van der Waals surface area contributed by atoms with E-state index in [4.69, 9.17) is 4.74 Å². The van der Waals surface area contributed by atoms with Gasteiger partial charge < -0.3 is 14.6 Å². The standard InChI is InChI=1S/C14H18FN3O/c1-3-16-12-8-19-7-10(12)14-17-11-5-4-9(15)6-13(11)18(14)2/h4-6,10,12,16H,3,7-8H2,1-2H3. The van der Waals surface area contributed by atoms with Crippen molar-refractivity contribution in [3.05, 3.63) is 29.8 Å². The lowest BCUT2D eigenvalue weighted by Gasteiger charge is -2.17. The van der Waals surface area contributed by atoms with E-state index in [-0.39, 0.29) is 17.8 Å². The van der Waals surface area contributed by atoms with Gasteiger partial charge in [-0.25, -0.2) is 9.37 Å². The minimum Gasteiger partial charge on any atom is -0.379 e. The summed E-state index contributed by atoms with van der Waals surface area (Å²) in [5.41, 5.74) is 1.66. The Balaban J connectivity index is 2.02. The normalized spacial score (nSPS) is 23.3. The fraction of sp³-hybridized carbons (Fsp3) is 0.500. The first kappa shape index (κ1) is 12.6. The number of nitrogens with zero attached hydrogens (tertiary/aromatic N) is 2. The van der Waals surface area contributed by atoms with Gasteiger partial charge in [-0.15, -0.1) is 0 Å². The zero-order valence-corrected chi connectivity index (χ0v) is 11.2. The second kappa shape index (κ2) is 4.90. The van der Waals surface area contributed by atoms with Crippen LogP contribution < -0.4 is 5.32 Å². The molecule has 0 radical (unpaired) electrons. The van der Waals surface area contributed by atoms with E-state index in [0.717, 1.165) is 23.4 Å². The fourth-order valence-electron chi connectivity index (χ4n) is 2.79. The van der Waals surface area contributed by atoms with E-state index in [1.54, 1.807) is 6.07 Å². The summed E-state index contributed by atoms with van der Waals surface area (Å²) in [5.74, 6) is 0.956. The van der Waals surface area contributed by atoms with Crippen LogP contribution in [0.1, 0.15) is 18.7 Å². The van der Waals surface area contributed by atoms with Crippen molar-refractivity contribution in [2.24, 2.45) is 7.05 Å². The number of fused-ring (bicyclic) bond motifs is 1. The van der Waals surface area contributed by atoms with Crippen LogP contribution in [0.2, 0.25) is 0 Å². The van der Waals surface area contributed by atoms with Crippen molar-refractivity contribution in [2.75, 3.05) is 19.8 Å². The highest BCUT2D eigenvalue weighted by molar-refractivity contribution is 5.76. The van der Waals surface area contributed by atoms with Gasteiger partial charge in [-0.05, 0) is 24.7 Å². The van der Waals surface area contributed by atoms with Crippen LogP contribution in [0.15, 0.2) is 18.2 Å². The molecule has 2 unspecified atom stereocenters. The smallest absolute Gasteiger partial charge is 0.125 e. The molecule has 2 aromatic rings. The highest BCUT2D eigenvalue weighted by Crippen LogP contribution is 2.28. The molecular formula is C14H18FN3O. The van der Waals surface area contributed by atoms with Gasteiger partial charge in [-0.2, -0.15) is 0 Å². The number of hydrogen-bond donors (Lipinski definition) is 1. The van der Waals surface area contributed by atoms with E-state index >= 15 is 0 Å². The van der Waals surface area contributed by atoms with Crippen LogP contribution in [-0.4, -0.2) is 35.4 Å². The first-order chi connectivity index (χ1) is 9.20. The van der Waals surface area contributed by atoms with Crippen LogP contribution >= 0.6 is 0 Å². The first-order valence-corrected chi connectivity index (χ1v) is 6.63. The molecule has 0 bridgehead atoms. The molecule has 1 N–H and O–H groups in total. The largest absolute Gasteiger partial charge is 0.379 e. The third-order valence-electron chi connectivity index (χ3n) is 3.76. The minimum absolute atomic E-state index is 0.223. The molecule has 0 aliphatic carbocycles. The molecule has 19 heavy (non-hydrogen) atoms. The van der Waals surface area contributed by atoms with Gasteiger partial charge in [-0.3, -0.25) is 0 Å². The molecule has 102 valence electrons. The minimum atomic E-state index is -0.229. The number of nitrogens with one attached hydrogen (secondary N) is 1. The molecule has 0 saturated carbocycles. The molecule has 1 fully saturated rings. The van der Waals surface area contributed by atoms with Crippen LogP contribution in [0.25, 0.3) is 11.0 Å². The number of imidazole rings is 1. The molecule has 1 aliphatic heterocycles. The number of aromatic nitrogens is 2. The van der Waals surface area contributed by atoms with E-state index in [1.165, 1.54) is 12.1 Å². The lowest BCUT2D eigenvalue weighted by molar-refractivity contribution is 0.187. The monoisotopic (exact) mass is 263 g/mol. The highest BCUT2D eigenvalue weighted by Gasteiger charge is 2.32. The number of rotatable bonds is 3. The van der Waals surface area contributed by atoms with Crippen molar-refractivity contribution in [3.63, 3.8) is 0 Å². The molecule has 5 heteroatoms.